The molecule has 3 aliphatic heterocycles. The van der Waals surface area contributed by atoms with Crippen molar-refractivity contribution in [2.45, 2.75) is 30.6 Å². The predicted molar refractivity (Wildman–Crippen MR) is 118 cm³/mol. The smallest absolute Gasteiger partial charge is 0.257 e. The summed E-state index contributed by atoms with van der Waals surface area (Å²) in [4.78, 5) is 30.7. The maximum absolute atomic E-state index is 13.3. The molecule has 0 amide bonds. The molecule has 2 aromatic heterocycles. The lowest BCUT2D eigenvalue weighted by molar-refractivity contribution is -0.115. The second kappa shape index (κ2) is 7.33. The number of aliphatic hydroxyl groups is 1. The van der Waals surface area contributed by atoms with Crippen LogP contribution in [0.2, 0.25) is 0 Å². The molecule has 3 aromatic rings. The largest absolute Gasteiger partial charge is 0.486 e. The molecule has 0 saturated heterocycles. The number of carbonyl (C=O) groups is 1. The first-order chi connectivity index (χ1) is 15.6. The number of rotatable bonds is 4. The van der Waals surface area contributed by atoms with Crippen molar-refractivity contribution in [3.05, 3.63) is 44.7 Å². The van der Waals surface area contributed by atoms with Gasteiger partial charge in [0.25, 0.3) is 5.56 Å². The Hall–Kier alpha value is -2.88. The summed E-state index contributed by atoms with van der Waals surface area (Å²) in [5, 5.41) is 11.3. The summed E-state index contributed by atoms with van der Waals surface area (Å²) in [7, 11) is 1.48. The Labute approximate surface area is 187 Å². The number of carbonyl (C=O) groups excluding carboxylic acids is 1. The summed E-state index contributed by atoms with van der Waals surface area (Å²) >= 11 is 1.74. The van der Waals surface area contributed by atoms with Crippen LogP contribution in [0.3, 0.4) is 0 Å². The third-order valence-electron chi connectivity index (χ3n) is 6.28. The third kappa shape index (κ3) is 2.68. The van der Waals surface area contributed by atoms with Crippen molar-refractivity contribution >= 4 is 29.0 Å². The fourth-order valence-corrected chi connectivity index (χ4v) is 6.07. The lowest BCUT2D eigenvalue weighted by Crippen LogP contribution is -2.26. The second-order valence-corrected chi connectivity index (χ2v) is 9.11. The number of hydrogen-bond donors (Lipinski definition) is 1. The Morgan fingerprint density at radius 3 is 2.97 bits per heavy atom. The Balaban J connectivity index is 1.64. The van der Waals surface area contributed by atoms with Crippen molar-refractivity contribution in [3.8, 4) is 22.9 Å². The van der Waals surface area contributed by atoms with Crippen LogP contribution in [0.25, 0.3) is 22.3 Å². The summed E-state index contributed by atoms with van der Waals surface area (Å²) in [5.41, 5.74) is 4.57. The summed E-state index contributed by atoms with van der Waals surface area (Å²) in [6, 6.07) is 3.60. The van der Waals surface area contributed by atoms with Crippen molar-refractivity contribution in [2.24, 2.45) is 0 Å². The van der Waals surface area contributed by atoms with E-state index in [-0.39, 0.29) is 23.3 Å². The van der Waals surface area contributed by atoms with E-state index < -0.39 is 6.10 Å². The van der Waals surface area contributed by atoms with Gasteiger partial charge in [0.1, 0.15) is 19.3 Å². The first kappa shape index (κ1) is 19.8. The average molecular weight is 452 g/mol. The van der Waals surface area contributed by atoms with Crippen LogP contribution in [0.5, 0.6) is 11.5 Å². The van der Waals surface area contributed by atoms with Gasteiger partial charge in [0.05, 0.1) is 35.0 Å². The van der Waals surface area contributed by atoms with E-state index >= 15 is 0 Å². The maximum Gasteiger partial charge on any atom is 0.257 e. The van der Waals surface area contributed by atoms with E-state index in [9.17, 15) is 14.7 Å². The number of ether oxygens (including phenoxy) is 3. The number of hydrogen-bond acceptors (Lipinski definition) is 8. The fourth-order valence-electron chi connectivity index (χ4n) is 4.90. The number of fused-ring (bicyclic) bond motifs is 6. The quantitative estimate of drug-likeness (QED) is 0.471. The number of benzene rings is 1. The van der Waals surface area contributed by atoms with Gasteiger partial charge in [-0.05, 0) is 18.1 Å². The normalized spacial score (nSPS) is 16.6. The molecule has 0 spiro atoms. The van der Waals surface area contributed by atoms with Crippen molar-refractivity contribution in [1.29, 1.82) is 0 Å². The number of thioether (sulfide) groups is 1. The highest BCUT2D eigenvalue weighted by Gasteiger charge is 2.33. The average Bonchev–Trinajstić information content (AvgIpc) is 3.19. The molecule has 3 aliphatic rings. The summed E-state index contributed by atoms with van der Waals surface area (Å²) in [6.45, 7) is 1.42. The van der Waals surface area contributed by atoms with Gasteiger partial charge in [-0.2, -0.15) is 0 Å². The zero-order valence-electron chi connectivity index (χ0n) is 17.3. The summed E-state index contributed by atoms with van der Waals surface area (Å²) < 4.78 is 18.6. The third-order valence-corrected chi connectivity index (χ3v) is 7.37. The number of nitrogens with zero attached hydrogens (tertiary/aromatic N) is 2. The first-order valence-corrected chi connectivity index (χ1v) is 11.4. The number of aliphatic hydroxyl groups excluding tert-OH is 1. The molecule has 9 heteroatoms. The second-order valence-electron chi connectivity index (χ2n) is 8.01. The maximum atomic E-state index is 13.3. The van der Waals surface area contributed by atoms with Gasteiger partial charge < -0.3 is 28.7 Å². The number of aromatic nitrogens is 2. The van der Waals surface area contributed by atoms with E-state index in [0.29, 0.717) is 43.2 Å². The molecule has 6 rings (SSSR count). The van der Waals surface area contributed by atoms with Crippen LogP contribution in [-0.2, 0) is 29.1 Å². The Morgan fingerprint density at radius 2 is 2.16 bits per heavy atom. The highest BCUT2D eigenvalue weighted by molar-refractivity contribution is 7.99. The van der Waals surface area contributed by atoms with E-state index in [0.717, 1.165) is 39.3 Å². The molecule has 1 unspecified atom stereocenters. The van der Waals surface area contributed by atoms with Crippen LogP contribution in [0, 0.1) is 0 Å². The van der Waals surface area contributed by atoms with Crippen LogP contribution in [0.4, 0.5) is 0 Å². The number of pyridine rings is 2. The van der Waals surface area contributed by atoms with E-state index in [2.05, 4.69) is 0 Å². The Morgan fingerprint density at radius 1 is 1.31 bits per heavy atom. The van der Waals surface area contributed by atoms with E-state index in [4.69, 9.17) is 19.2 Å². The zero-order valence-corrected chi connectivity index (χ0v) is 18.2. The van der Waals surface area contributed by atoms with Gasteiger partial charge in [-0.3, -0.25) is 4.79 Å². The zero-order chi connectivity index (χ0) is 22.0. The van der Waals surface area contributed by atoms with Crippen molar-refractivity contribution in [3.63, 3.8) is 0 Å². The van der Waals surface area contributed by atoms with Crippen LogP contribution in [0.15, 0.2) is 21.8 Å². The molecule has 0 radical (unpaired) electrons. The highest BCUT2D eigenvalue weighted by Crippen LogP contribution is 2.50. The molecule has 1 atom stereocenters. The molecule has 8 nitrogen and oxygen atoms in total. The molecule has 0 fully saturated rings. The lowest BCUT2D eigenvalue weighted by atomic mass is 9.97. The minimum Gasteiger partial charge on any atom is -0.486 e. The molecule has 0 saturated carbocycles. The monoisotopic (exact) mass is 452 g/mol. The van der Waals surface area contributed by atoms with Crippen LogP contribution >= 0.6 is 11.8 Å². The molecule has 1 aromatic carbocycles. The molecular formula is C23H20N2O6S. The van der Waals surface area contributed by atoms with Crippen LogP contribution < -0.4 is 15.0 Å². The number of aldehydes is 1. The SMILES string of the molecule is COCc1c(C(O)C=O)cc2n(c1=O)Cc1c-2nc2cc3c(c4c2c1CCS4)OCCO3. The van der Waals surface area contributed by atoms with E-state index in [1.807, 2.05) is 6.07 Å². The van der Waals surface area contributed by atoms with Gasteiger partial charge in [0, 0.05) is 41.0 Å². The van der Waals surface area contributed by atoms with E-state index in [1.165, 1.54) is 12.7 Å². The molecule has 0 aliphatic carbocycles. The van der Waals surface area contributed by atoms with Crippen LogP contribution in [0.1, 0.15) is 28.4 Å². The minimum atomic E-state index is -1.40. The Bertz CT molecular complexity index is 1370. The summed E-state index contributed by atoms with van der Waals surface area (Å²) in [5.74, 6) is 2.37. The van der Waals surface area contributed by atoms with Gasteiger partial charge in [0.15, 0.2) is 17.8 Å². The molecule has 0 bridgehead atoms. The molecular weight excluding hydrogens is 432 g/mol. The van der Waals surface area contributed by atoms with Crippen LogP contribution in [-0.4, -0.2) is 47.0 Å². The van der Waals surface area contributed by atoms with Gasteiger partial charge >= 0.3 is 0 Å². The summed E-state index contributed by atoms with van der Waals surface area (Å²) in [6.07, 6.45) is -0.121. The minimum absolute atomic E-state index is 0.0140. The fraction of sp³-hybridized carbons (Fsp3) is 0.348. The standard InChI is InChI=1S/C23H20N2O6S/c1-29-10-14-12(17(27)9-26)6-16-20-13(8-25(16)23(14)28)11-2-5-32-22-19(11)15(24-20)7-18-21(22)31-4-3-30-18/h6-7,9,17,27H,2-5,8,10H2,1H3. The van der Waals surface area contributed by atoms with Crippen molar-refractivity contribution < 1.29 is 24.1 Å². The van der Waals surface area contributed by atoms with Crippen molar-refractivity contribution in [1.82, 2.24) is 9.55 Å². The van der Waals surface area contributed by atoms with Gasteiger partial charge in [-0.15, -0.1) is 11.8 Å². The molecule has 164 valence electrons. The molecule has 1 N–H and O–H groups in total. The van der Waals surface area contributed by atoms with Crippen molar-refractivity contribution in [2.75, 3.05) is 26.1 Å². The molecule has 5 heterocycles. The molecule has 32 heavy (non-hydrogen) atoms. The first-order valence-electron chi connectivity index (χ1n) is 10.4. The number of aryl methyl sites for hydroxylation is 1. The van der Waals surface area contributed by atoms with Gasteiger partial charge in [-0.25, -0.2) is 4.98 Å². The highest BCUT2D eigenvalue weighted by atomic mass is 32.2. The van der Waals surface area contributed by atoms with E-state index in [1.54, 1.807) is 22.4 Å². The number of methoxy groups -OCH3 is 1. The predicted octanol–water partition coefficient (Wildman–Crippen LogP) is 2.22. The van der Waals surface area contributed by atoms with Gasteiger partial charge in [-0.1, -0.05) is 0 Å². The lowest BCUT2D eigenvalue weighted by Gasteiger charge is -2.26. The topological polar surface area (TPSA) is 99.9 Å². The van der Waals surface area contributed by atoms with Gasteiger partial charge in [0.2, 0.25) is 0 Å². The Kier molecular flexibility index (Phi) is 4.53.